The van der Waals surface area contributed by atoms with E-state index in [2.05, 4.69) is 47.2 Å². The molecule has 188 valence electrons. The predicted molar refractivity (Wildman–Crippen MR) is 136 cm³/mol. The van der Waals surface area contributed by atoms with E-state index < -0.39 is 6.55 Å². The fourth-order valence-corrected chi connectivity index (χ4v) is 4.31. The normalized spacial score (nSPS) is 14.5. The molecular weight excluding hydrogens is 478 g/mol. The summed E-state index contributed by atoms with van der Waals surface area (Å²) in [5.74, 6) is 1.38. The van der Waals surface area contributed by atoms with Crippen molar-refractivity contribution in [1.82, 2.24) is 39.0 Å². The largest absolute Gasteiger partial charge is 0.354 e. The molecule has 0 radical (unpaired) electrons. The van der Waals surface area contributed by atoms with Crippen LogP contribution in [0.2, 0.25) is 0 Å². The molecule has 0 amide bonds. The van der Waals surface area contributed by atoms with Gasteiger partial charge in [0.15, 0.2) is 0 Å². The van der Waals surface area contributed by atoms with Gasteiger partial charge in [-0.3, -0.25) is 4.40 Å². The van der Waals surface area contributed by atoms with Crippen molar-refractivity contribution in [2.24, 2.45) is 0 Å². The van der Waals surface area contributed by atoms with Gasteiger partial charge in [-0.25, -0.2) is 24.6 Å². The molecule has 1 N–H and O–H groups in total. The van der Waals surface area contributed by atoms with Crippen LogP contribution in [0, 0.1) is 0 Å². The Morgan fingerprint density at radius 1 is 0.865 bits per heavy atom. The molecule has 0 aromatic carbocycles. The summed E-state index contributed by atoms with van der Waals surface area (Å²) in [6.07, 6.45) is 9.75. The van der Waals surface area contributed by atoms with E-state index in [4.69, 9.17) is 0 Å². The molecule has 6 rings (SSSR count). The molecule has 6 heterocycles. The van der Waals surface area contributed by atoms with Crippen molar-refractivity contribution < 1.29 is 8.78 Å². The third kappa shape index (κ3) is 4.70. The lowest BCUT2D eigenvalue weighted by atomic mass is 10.1. The van der Waals surface area contributed by atoms with Gasteiger partial charge in [0, 0.05) is 55.9 Å². The van der Waals surface area contributed by atoms with Crippen LogP contribution in [0.5, 0.6) is 0 Å². The Labute approximate surface area is 211 Å². The fourth-order valence-electron chi connectivity index (χ4n) is 4.31. The number of aromatic nitrogens is 7. The number of likely N-dealkylation sites (N-methyl/N-ethyl adjacent to an activating group) is 1. The maximum atomic E-state index is 13.0. The van der Waals surface area contributed by atoms with Gasteiger partial charge in [-0.2, -0.15) is 13.9 Å². The molecule has 0 aliphatic carbocycles. The molecule has 5 aromatic rings. The minimum atomic E-state index is -2.69. The number of pyridine rings is 2. The zero-order chi connectivity index (χ0) is 25.4. The zero-order valence-corrected chi connectivity index (χ0v) is 20.0. The zero-order valence-electron chi connectivity index (χ0n) is 20.0. The van der Waals surface area contributed by atoms with Gasteiger partial charge in [0.1, 0.15) is 11.5 Å². The molecular formula is C25H24F2N10. The van der Waals surface area contributed by atoms with Crippen LogP contribution in [0.1, 0.15) is 6.55 Å². The summed E-state index contributed by atoms with van der Waals surface area (Å²) in [4.78, 5) is 22.7. The first-order valence-electron chi connectivity index (χ1n) is 11.8. The Morgan fingerprint density at radius 2 is 1.73 bits per heavy atom. The molecule has 0 spiro atoms. The van der Waals surface area contributed by atoms with Crippen molar-refractivity contribution in [3.05, 3.63) is 67.5 Å². The predicted octanol–water partition coefficient (Wildman–Crippen LogP) is 3.94. The fraction of sp³-hybridized carbons (Fsp3) is 0.240. The molecule has 0 unspecified atom stereocenters. The van der Waals surface area contributed by atoms with E-state index in [0.29, 0.717) is 27.5 Å². The highest BCUT2D eigenvalue weighted by atomic mass is 19.3. The monoisotopic (exact) mass is 502 g/mol. The Balaban J connectivity index is 1.23. The molecule has 0 bridgehead atoms. The summed E-state index contributed by atoms with van der Waals surface area (Å²) in [5.41, 5.74) is 4.21. The quantitative estimate of drug-likeness (QED) is 0.373. The molecule has 1 aliphatic heterocycles. The average molecular weight is 503 g/mol. The van der Waals surface area contributed by atoms with E-state index in [9.17, 15) is 8.78 Å². The third-order valence-corrected chi connectivity index (χ3v) is 6.39. The number of hydrogen-bond acceptors (Lipinski definition) is 8. The van der Waals surface area contributed by atoms with Crippen LogP contribution in [0.25, 0.3) is 28.2 Å². The summed E-state index contributed by atoms with van der Waals surface area (Å²) in [6, 6.07) is 9.42. The van der Waals surface area contributed by atoms with Gasteiger partial charge in [0.05, 0.1) is 35.7 Å². The van der Waals surface area contributed by atoms with Crippen molar-refractivity contribution in [2.75, 3.05) is 43.4 Å². The molecule has 0 atom stereocenters. The lowest BCUT2D eigenvalue weighted by Crippen LogP contribution is -2.44. The summed E-state index contributed by atoms with van der Waals surface area (Å²) >= 11 is 0. The molecule has 1 aliphatic rings. The molecule has 1 fully saturated rings. The van der Waals surface area contributed by atoms with Crippen LogP contribution in [-0.4, -0.2) is 72.2 Å². The Bertz CT molecular complexity index is 1520. The number of rotatable bonds is 6. The number of fused-ring (bicyclic) bond motifs is 1. The highest BCUT2D eigenvalue weighted by Gasteiger charge is 2.16. The minimum absolute atomic E-state index is 0.427. The van der Waals surface area contributed by atoms with Crippen molar-refractivity contribution >= 4 is 23.1 Å². The van der Waals surface area contributed by atoms with Crippen LogP contribution in [0.3, 0.4) is 0 Å². The highest BCUT2D eigenvalue weighted by molar-refractivity contribution is 5.68. The highest BCUT2D eigenvalue weighted by Crippen LogP contribution is 2.26. The molecule has 37 heavy (non-hydrogen) atoms. The van der Waals surface area contributed by atoms with Crippen molar-refractivity contribution in [3.63, 3.8) is 0 Å². The van der Waals surface area contributed by atoms with E-state index in [0.717, 1.165) is 48.9 Å². The second-order valence-electron chi connectivity index (χ2n) is 8.86. The summed E-state index contributed by atoms with van der Waals surface area (Å²) in [6.45, 7) is 1.26. The minimum Gasteiger partial charge on any atom is -0.354 e. The van der Waals surface area contributed by atoms with Crippen LogP contribution >= 0.6 is 0 Å². The second kappa shape index (κ2) is 9.54. The molecule has 12 heteroatoms. The summed E-state index contributed by atoms with van der Waals surface area (Å²) in [5, 5.41) is 6.95. The van der Waals surface area contributed by atoms with Gasteiger partial charge in [-0.05, 0) is 37.4 Å². The number of nitrogens with one attached hydrogen (secondary N) is 1. The van der Waals surface area contributed by atoms with Gasteiger partial charge in [-0.15, -0.1) is 0 Å². The SMILES string of the molecule is CN1CCN(c2ccc(Nc3nccc(-c4cnc5ccc(-c6cnn(C(F)F)c6)cn45)n3)cn2)CC1. The van der Waals surface area contributed by atoms with E-state index >= 15 is 0 Å². The number of piperazine rings is 1. The van der Waals surface area contributed by atoms with E-state index in [1.165, 1.54) is 12.4 Å². The topological polar surface area (TPSA) is 92.3 Å². The van der Waals surface area contributed by atoms with Crippen LogP contribution in [0.4, 0.5) is 26.2 Å². The molecule has 1 saturated heterocycles. The Morgan fingerprint density at radius 3 is 2.49 bits per heavy atom. The molecule has 0 saturated carbocycles. The third-order valence-electron chi connectivity index (χ3n) is 6.39. The lowest BCUT2D eigenvalue weighted by molar-refractivity contribution is 0.0566. The van der Waals surface area contributed by atoms with E-state index in [-0.39, 0.29) is 0 Å². The number of imidazole rings is 1. The van der Waals surface area contributed by atoms with Crippen LogP contribution in [0.15, 0.2) is 67.5 Å². The lowest BCUT2D eigenvalue weighted by Gasteiger charge is -2.33. The second-order valence-corrected chi connectivity index (χ2v) is 8.86. The first kappa shape index (κ1) is 23.0. The van der Waals surface area contributed by atoms with Crippen molar-refractivity contribution in [2.45, 2.75) is 6.55 Å². The Hall–Kier alpha value is -4.45. The average Bonchev–Trinajstić information content (AvgIpc) is 3.58. The van der Waals surface area contributed by atoms with Crippen LogP contribution < -0.4 is 10.2 Å². The van der Waals surface area contributed by atoms with Crippen molar-refractivity contribution in [1.29, 1.82) is 0 Å². The number of halogens is 2. The summed E-state index contributed by atoms with van der Waals surface area (Å²) < 4.78 is 28.4. The van der Waals surface area contributed by atoms with Crippen LogP contribution in [-0.2, 0) is 0 Å². The maximum absolute atomic E-state index is 13.0. The maximum Gasteiger partial charge on any atom is 0.333 e. The van der Waals surface area contributed by atoms with Gasteiger partial charge in [0.2, 0.25) is 5.95 Å². The first-order chi connectivity index (χ1) is 18.0. The summed E-state index contributed by atoms with van der Waals surface area (Å²) in [7, 11) is 2.13. The van der Waals surface area contributed by atoms with Crippen molar-refractivity contribution in [3.8, 4) is 22.5 Å². The van der Waals surface area contributed by atoms with Gasteiger partial charge in [-0.1, -0.05) is 0 Å². The van der Waals surface area contributed by atoms with Gasteiger partial charge >= 0.3 is 6.55 Å². The smallest absolute Gasteiger partial charge is 0.333 e. The van der Waals surface area contributed by atoms with Gasteiger partial charge in [0.25, 0.3) is 0 Å². The standard InChI is InChI=1S/C25H24F2N10/c1-34-8-10-35(11-9-34)22-5-3-19(13-29-22)32-25-28-7-6-20(33-25)21-14-30-23-4-2-17(15-36(21)23)18-12-31-37(16-18)24(26)27/h2-7,12-16,24H,8-11H2,1H3,(H,28,32,33). The van der Waals surface area contributed by atoms with E-state index in [1.54, 1.807) is 24.7 Å². The Kier molecular flexibility index (Phi) is 5.93. The number of hydrogen-bond donors (Lipinski definition) is 1. The van der Waals surface area contributed by atoms with E-state index in [1.807, 2.05) is 34.9 Å². The number of anilines is 3. The first-order valence-corrected chi connectivity index (χ1v) is 11.8. The number of alkyl halides is 2. The molecule has 10 nitrogen and oxygen atoms in total. The van der Waals surface area contributed by atoms with Gasteiger partial charge < -0.3 is 15.1 Å². The number of nitrogens with zero attached hydrogens (tertiary/aromatic N) is 9. The molecule has 5 aromatic heterocycles.